The van der Waals surface area contributed by atoms with Gasteiger partial charge in [-0.05, 0) is 0 Å². The topological polar surface area (TPSA) is 26.3 Å². The second-order valence-electron chi connectivity index (χ2n) is 4.68. The number of hydrogen-bond donors (Lipinski definition) is 0. The van der Waals surface area contributed by atoms with E-state index >= 15 is 0 Å². The summed E-state index contributed by atoms with van der Waals surface area (Å²) in [5.41, 5.74) is 0.701. The molecule has 3 heteroatoms. The van der Waals surface area contributed by atoms with Crippen LogP contribution >= 0.6 is 0 Å². The van der Waals surface area contributed by atoms with Gasteiger partial charge < -0.3 is 0 Å². The number of rotatable bonds is 8. The molecule has 100 valence electrons. The van der Waals surface area contributed by atoms with E-state index in [0.717, 1.165) is 0 Å². The van der Waals surface area contributed by atoms with Crippen molar-refractivity contribution in [3.8, 4) is 0 Å². The summed E-state index contributed by atoms with van der Waals surface area (Å²) < 4.78 is 8.19. The monoisotopic (exact) mass is 356 g/mol. The summed E-state index contributed by atoms with van der Waals surface area (Å²) >= 11 is -2.08. The Hall–Kier alpha value is -0.511. The minimum atomic E-state index is -2.08. The van der Waals surface area contributed by atoms with Crippen molar-refractivity contribution in [3.05, 3.63) is 35.9 Å². The standard InChI is InChI=1S/C7H6O2.2C4H9.Sn.H/c8-7(9)6-4-2-1-3-5-6;2*1-3-4-2;;/h1-5H,(H,8,9);2*1,3-4H2,2H3;;/q;;;+1;/p-1. The fourth-order valence-corrected chi connectivity index (χ4v) is 9.60. The van der Waals surface area contributed by atoms with Gasteiger partial charge in [0.15, 0.2) is 0 Å². The summed E-state index contributed by atoms with van der Waals surface area (Å²) in [4.78, 5) is 12.0. The van der Waals surface area contributed by atoms with Crippen molar-refractivity contribution >= 4 is 26.1 Å². The van der Waals surface area contributed by atoms with Crippen LogP contribution < -0.4 is 0 Å². The van der Waals surface area contributed by atoms with Gasteiger partial charge in [0.1, 0.15) is 0 Å². The number of carbonyl (C=O) groups excluding carboxylic acids is 1. The number of unbranched alkanes of at least 4 members (excludes halogenated alkanes) is 2. The second-order valence-corrected chi connectivity index (χ2v) is 12.2. The van der Waals surface area contributed by atoms with Gasteiger partial charge in [0.05, 0.1) is 0 Å². The van der Waals surface area contributed by atoms with Crippen LogP contribution in [-0.4, -0.2) is 26.1 Å². The number of carbonyl (C=O) groups is 1. The van der Waals surface area contributed by atoms with Crippen molar-refractivity contribution < 1.29 is 7.87 Å². The molecule has 0 atom stereocenters. The molecule has 0 amide bonds. The summed E-state index contributed by atoms with van der Waals surface area (Å²) in [6.07, 6.45) is 4.82. The van der Waals surface area contributed by atoms with Crippen LogP contribution in [0.5, 0.6) is 0 Å². The molecule has 0 N–H and O–H groups in total. The van der Waals surface area contributed by atoms with Crippen LogP contribution in [0.1, 0.15) is 49.9 Å². The van der Waals surface area contributed by atoms with Crippen LogP contribution in [0.25, 0.3) is 0 Å². The fraction of sp³-hybridized carbons (Fsp3) is 0.533. The van der Waals surface area contributed by atoms with Gasteiger partial charge in [-0.2, -0.15) is 0 Å². The third kappa shape index (κ3) is 5.89. The molecule has 0 aliphatic heterocycles. The van der Waals surface area contributed by atoms with Gasteiger partial charge in [-0.15, -0.1) is 0 Å². The van der Waals surface area contributed by atoms with E-state index < -0.39 is 20.2 Å². The first-order valence-electron chi connectivity index (χ1n) is 7.04. The van der Waals surface area contributed by atoms with Crippen LogP contribution in [0.4, 0.5) is 0 Å². The van der Waals surface area contributed by atoms with Gasteiger partial charge in [-0.25, -0.2) is 0 Å². The average molecular weight is 355 g/mol. The molecular weight excluding hydrogens is 331 g/mol. The first-order valence-corrected chi connectivity index (χ1v) is 13.0. The van der Waals surface area contributed by atoms with E-state index in [4.69, 9.17) is 3.07 Å². The zero-order valence-corrected chi connectivity index (χ0v) is 14.8. The molecule has 1 rings (SSSR count). The van der Waals surface area contributed by atoms with E-state index in [9.17, 15) is 4.79 Å². The first-order chi connectivity index (χ1) is 8.77. The van der Waals surface area contributed by atoms with Crippen molar-refractivity contribution in [1.82, 2.24) is 0 Å². The molecule has 0 fully saturated rings. The van der Waals surface area contributed by atoms with Crippen molar-refractivity contribution in [2.24, 2.45) is 0 Å². The Morgan fingerprint density at radius 1 is 1.06 bits per heavy atom. The third-order valence-electron chi connectivity index (χ3n) is 3.04. The van der Waals surface area contributed by atoms with Gasteiger partial charge in [0.25, 0.3) is 0 Å². The van der Waals surface area contributed by atoms with Gasteiger partial charge in [0, 0.05) is 0 Å². The average Bonchev–Trinajstić information content (AvgIpc) is 2.42. The van der Waals surface area contributed by atoms with E-state index in [1.165, 1.54) is 34.6 Å². The van der Waals surface area contributed by atoms with E-state index in [1.807, 2.05) is 30.3 Å². The molecule has 18 heavy (non-hydrogen) atoms. The maximum atomic E-state index is 12.0. The van der Waals surface area contributed by atoms with Gasteiger partial charge in [-0.3, -0.25) is 0 Å². The maximum absolute atomic E-state index is 12.0. The first kappa shape index (κ1) is 15.5. The Balaban J connectivity index is 2.50. The molecule has 2 nitrogen and oxygen atoms in total. The molecule has 1 aromatic rings. The zero-order chi connectivity index (χ0) is 13.2. The number of hydrogen-bond acceptors (Lipinski definition) is 2. The molecule has 0 heterocycles. The minimum absolute atomic E-state index is 0.0939. The zero-order valence-electron chi connectivity index (χ0n) is 11.5. The quantitative estimate of drug-likeness (QED) is 0.655. The van der Waals surface area contributed by atoms with Crippen LogP contribution in [-0.2, 0) is 3.07 Å². The molecule has 0 bridgehead atoms. The van der Waals surface area contributed by atoms with Crippen LogP contribution in [0.15, 0.2) is 30.3 Å². The Morgan fingerprint density at radius 2 is 1.61 bits per heavy atom. The summed E-state index contributed by atoms with van der Waals surface area (Å²) in [6.45, 7) is 4.39. The fourth-order valence-electron chi connectivity index (χ4n) is 1.92. The van der Waals surface area contributed by atoms with Crippen molar-refractivity contribution in [3.63, 3.8) is 0 Å². The van der Waals surface area contributed by atoms with E-state index in [-0.39, 0.29) is 5.97 Å². The Kier molecular flexibility index (Phi) is 8.14. The molecule has 0 aliphatic rings. The summed E-state index contributed by atoms with van der Waals surface area (Å²) in [7, 11) is 0. The SMILES string of the molecule is CCC[CH2][SnH]([CH2]CCC)[O]C(=O)c1ccccc1. The number of benzene rings is 1. The van der Waals surface area contributed by atoms with Gasteiger partial charge in [-0.1, -0.05) is 0 Å². The summed E-state index contributed by atoms with van der Waals surface area (Å²) in [5, 5.41) is 0. The molecule has 0 unspecified atom stereocenters. The Bertz CT molecular complexity index is 330. The molecule has 0 spiro atoms. The Morgan fingerprint density at radius 3 is 2.11 bits per heavy atom. The van der Waals surface area contributed by atoms with Crippen molar-refractivity contribution in [2.75, 3.05) is 0 Å². The van der Waals surface area contributed by atoms with Crippen LogP contribution in [0, 0.1) is 0 Å². The molecule has 0 aliphatic carbocycles. The molecule has 0 radical (unpaired) electrons. The van der Waals surface area contributed by atoms with E-state index in [0.29, 0.717) is 5.56 Å². The van der Waals surface area contributed by atoms with Crippen LogP contribution in [0.2, 0.25) is 8.87 Å². The molecule has 0 saturated heterocycles. The second kappa shape index (κ2) is 9.42. The van der Waals surface area contributed by atoms with Crippen LogP contribution in [0.3, 0.4) is 0 Å². The van der Waals surface area contributed by atoms with Crippen molar-refractivity contribution in [2.45, 2.75) is 48.4 Å². The predicted molar refractivity (Wildman–Crippen MR) is 78.4 cm³/mol. The van der Waals surface area contributed by atoms with Gasteiger partial charge >= 0.3 is 118 Å². The van der Waals surface area contributed by atoms with E-state index in [2.05, 4.69) is 13.8 Å². The normalized spacial score (nSPS) is 10.6. The summed E-state index contributed by atoms with van der Waals surface area (Å²) in [6, 6.07) is 9.37. The summed E-state index contributed by atoms with van der Waals surface area (Å²) in [5.74, 6) is -0.0939. The predicted octanol–water partition coefficient (Wildman–Crippen LogP) is 4.17. The van der Waals surface area contributed by atoms with Crippen molar-refractivity contribution in [1.29, 1.82) is 0 Å². The molecular formula is C15H24O2Sn. The third-order valence-corrected chi connectivity index (χ3v) is 10.6. The molecule has 0 aromatic heterocycles. The Labute approximate surface area is 118 Å². The van der Waals surface area contributed by atoms with E-state index in [1.54, 1.807) is 0 Å². The van der Waals surface area contributed by atoms with Gasteiger partial charge in [0.2, 0.25) is 0 Å². The molecule has 0 saturated carbocycles. The molecule has 1 aromatic carbocycles.